The molecule has 0 bridgehead atoms. The predicted octanol–water partition coefficient (Wildman–Crippen LogP) is 16.4. The van der Waals surface area contributed by atoms with Crippen molar-refractivity contribution in [1.29, 1.82) is 5.26 Å². The van der Waals surface area contributed by atoms with Crippen LogP contribution in [0.25, 0.3) is 11.0 Å². The van der Waals surface area contributed by atoms with Crippen molar-refractivity contribution in [3.63, 3.8) is 0 Å². The number of halogens is 3. The lowest BCUT2D eigenvalue weighted by Gasteiger charge is -2.27. The van der Waals surface area contributed by atoms with E-state index in [0.717, 1.165) is 108 Å². The Labute approximate surface area is 704 Å². The molecule has 0 amide bonds. The Balaban J connectivity index is 0.725. The maximum Gasteiger partial charge on any atom is 0.472 e. The molecule has 2 aliphatic heterocycles. The van der Waals surface area contributed by atoms with E-state index in [-0.39, 0.29) is 56.1 Å². The number of unbranched alkanes of at least 4 members (excludes halogenated alkanes) is 26. The topological polar surface area (TPSA) is 402 Å². The summed E-state index contributed by atoms with van der Waals surface area (Å²) in [6.45, 7) is 6.17. The van der Waals surface area contributed by atoms with Crippen molar-refractivity contribution in [3.8, 4) is 6.07 Å². The highest BCUT2D eigenvalue weighted by molar-refractivity contribution is 7.47. The summed E-state index contributed by atoms with van der Waals surface area (Å²) in [6, 6.07) is 21.1. The molecule has 6 aromatic rings. The number of aliphatic hydroxyl groups excluding tert-OH is 3. The second kappa shape index (κ2) is 51.1. The molecule has 8 rings (SSSR count). The summed E-state index contributed by atoms with van der Waals surface area (Å²) >= 11 is 0. The smallest absolute Gasteiger partial charge is 0.456 e. The highest BCUT2D eigenvalue weighted by Crippen LogP contribution is 2.49. The van der Waals surface area contributed by atoms with Crippen molar-refractivity contribution in [3.05, 3.63) is 119 Å². The minimum Gasteiger partial charge on any atom is -0.456 e. The van der Waals surface area contributed by atoms with Gasteiger partial charge in [-0.25, -0.2) is 28.1 Å². The molecule has 34 heteroatoms. The highest BCUT2D eigenvalue weighted by atomic mass is 31.2. The van der Waals surface area contributed by atoms with Gasteiger partial charge in [-0.3, -0.25) is 27.9 Å². The molecule has 9 N–H and O–H groups in total. The van der Waals surface area contributed by atoms with Crippen molar-refractivity contribution in [2.24, 2.45) is 10.9 Å². The van der Waals surface area contributed by atoms with E-state index in [9.17, 15) is 57.5 Å². The van der Waals surface area contributed by atoms with E-state index < -0.39 is 119 Å². The summed E-state index contributed by atoms with van der Waals surface area (Å²) in [7, 11) is -8.37. The summed E-state index contributed by atoms with van der Waals surface area (Å²) in [5, 5.41) is 53.4. The van der Waals surface area contributed by atoms with E-state index in [2.05, 4.69) is 63.3 Å². The number of phosphoric acid groups is 2. The number of alkyl halides is 3. The van der Waals surface area contributed by atoms with Gasteiger partial charge in [-0.15, -0.1) is 0 Å². The van der Waals surface area contributed by atoms with Crippen molar-refractivity contribution in [2.75, 3.05) is 71.4 Å². The molecule has 2 saturated heterocycles. The van der Waals surface area contributed by atoms with Gasteiger partial charge in [0.15, 0.2) is 23.3 Å². The Morgan fingerprint density at radius 2 is 1.02 bits per heavy atom. The molecule has 4 aromatic heterocycles. The second-order valence-corrected chi connectivity index (χ2v) is 34.9. The van der Waals surface area contributed by atoms with E-state index >= 15 is 0 Å². The van der Waals surface area contributed by atoms with E-state index in [1.807, 2.05) is 6.07 Å². The number of fused-ring (bicyclic) bond motifs is 2. The number of anilines is 2. The molecule has 0 radical (unpaired) electrons. The first-order valence-corrected chi connectivity index (χ1v) is 46.3. The van der Waals surface area contributed by atoms with Crippen LogP contribution in [0.3, 0.4) is 0 Å². The van der Waals surface area contributed by atoms with Gasteiger partial charge in [-0.1, -0.05) is 237 Å². The number of hydrogen-bond acceptors (Lipinski definition) is 25. The lowest BCUT2D eigenvalue weighted by molar-refractivity contribution is -0.160. The minimum atomic E-state index is -4.92. The fraction of sp³-hybridized carbons (Fsp3) is 0.686. The number of phosphoric ester groups is 2. The van der Waals surface area contributed by atoms with Crippen LogP contribution in [-0.4, -0.2) is 175 Å². The number of hydrogen-bond donors (Lipinski definition) is 7. The van der Waals surface area contributed by atoms with Gasteiger partial charge in [0, 0.05) is 26.5 Å². The average Bonchev–Trinajstić information content (AvgIpc) is 1.59. The molecule has 13 atom stereocenters. The van der Waals surface area contributed by atoms with Crippen LogP contribution in [-0.2, 0) is 95.8 Å². The molecule has 0 saturated carbocycles. The second-order valence-electron chi connectivity index (χ2n) is 32.0. The Morgan fingerprint density at radius 1 is 0.583 bits per heavy atom. The first-order chi connectivity index (χ1) is 57.8. The quantitative estimate of drug-likeness (QED) is 0.00807. The molecule has 0 spiro atoms. The monoisotopic (exact) mass is 1730 g/mol. The zero-order chi connectivity index (χ0) is 86.4. The third-order valence-electron chi connectivity index (χ3n) is 22.2. The standard InChI is InChI=1S/C86H131F3N10O19P2/c1-6-8-9-10-11-12-13-14-15-16-18-21-24-27-30-33-49-108-53-69(56-113-120(106,107)115-58-74-78(116-83(103)63(3)4)80(102)84(59-90,118-74)75-47-45-71-81(91)94-61-96-98(71)75)110-51-64-37-41-67(42-38-64)66(35-7-2)36-32-29-26-23-20-17-19-22-25-28-31-34-50-109-54-70(111-52-65-39-43-68(44-40-65)86(87,88)89)55-112-119(104,105)114-57-73-77(100)79(101)85(117-73,60-93-5)76-48-46-72-82(92)95-62-97-99(72)76/h37-48,60-63,66,69-70,73-74,77-80,100-102H,6-36,49-58H2,1-5H3,(H,104,105)(H,106,107)(H2,91,94,96)(H2,92,95,97)/t66?,69-,70-,73-,74-,77-,78-,79-,80-,84+,85+/m1/s1. The van der Waals surface area contributed by atoms with E-state index in [1.54, 1.807) is 32.0 Å². The lowest BCUT2D eigenvalue weighted by Crippen LogP contribution is -2.43. The Morgan fingerprint density at radius 3 is 1.48 bits per heavy atom. The van der Waals surface area contributed by atoms with Crippen LogP contribution in [0.2, 0.25) is 0 Å². The molecule has 2 fully saturated rings. The zero-order valence-corrected chi connectivity index (χ0v) is 72.4. The van der Waals surface area contributed by atoms with Crippen LogP contribution in [0.4, 0.5) is 24.8 Å². The number of esters is 1. The van der Waals surface area contributed by atoms with Crippen molar-refractivity contribution < 1.29 is 103 Å². The lowest BCUT2D eigenvalue weighted by atomic mass is 9.89. The van der Waals surface area contributed by atoms with Gasteiger partial charge in [0.2, 0.25) is 5.60 Å². The Hall–Kier alpha value is -6.44. The molecule has 6 heterocycles. The van der Waals surface area contributed by atoms with Gasteiger partial charge in [0.05, 0.1) is 75.7 Å². The molecular weight excluding hydrogens is 1600 g/mol. The molecular formula is C86H131F3N10O19P2. The average molecular weight is 1730 g/mol. The molecule has 2 aromatic carbocycles. The number of nitriles is 1. The molecule has 29 nitrogen and oxygen atoms in total. The van der Waals surface area contributed by atoms with E-state index in [1.165, 1.54) is 168 Å². The first-order valence-electron chi connectivity index (χ1n) is 43.3. The number of carbonyl (C=O) groups excluding carboxylic acids is 1. The van der Waals surface area contributed by atoms with Crippen LogP contribution >= 0.6 is 15.6 Å². The molecule has 670 valence electrons. The number of nitrogens with two attached hydrogens (primary N) is 2. The third-order valence-corrected chi connectivity index (χ3v) is 24.1. The largest absolute Gasteiger partial charge is 0.472 e. The fourth-order valence-corrected chi connectivity index (χ4v) is 16.8. The number of benzene rings is 2. The number of rotatable bonds is 62. The summed E-state index contributed by atoms with van der Waals surface area (Å²) in [5.41, 5.74) is 10.9. The number of nitrogen functional groups attached to an aromatic ring is 2. The normalized spacial score (nSPS) is 21.4. The van der Waals surface area contributed by atoms with Gasteiger partial charge >= 0.3 is 27.8 Å². The number of aromatic nitrogens is 6. The first kappa shape index (κ1) is 99.0. The zero-order valence-electron chi connectivity index (χ0n) is 70.6. The molecule has 2 aliphatic rings. The van der Waals surface area contributed by atoms with Crippen molar-refractivity contribution >= 4 is 50.5 Å². The van der Waals surface area contributed by atoms with Gasteiger partial charge in [0.25, 0.3) is 0 Å². The van der Waals surface area contributed by atoms with Gasteiger partial charge in [-0.2, -0.15) is 28.6 Å². The van der Waals surface area contributed by atoms with Crippen LogP contribution in [0.1, 0.15) is 266 Å². The summed E-state index contributed by atoms with van der Waals surface area (Å²) in [6.07, 6.45) is 24.2. The van der Waals surface area contributed by atoms with Crippen LogP contribution in [0.5, 0.6) is 0 Å². The molecule has 0 aliphatic carbocycles. The maximum absolute atomic E-state index is 13.8. The van der Waals surface area contributed by atoms with Crippen LogP contribution < -0.4 is 11.5 Å². The molecule has 120 heavy (non-hydrogen) atoms. The summed E-state index contributed by atoms with van der Waals surface area (Å²) < 4.78 is 134. The van der Waals surface area contributed by atoms with Crippen LogP contribution in [0, 0.1) is 17.2 Å². The van der Waals surface area contributed by atoms with Crippen molar-refractivity contribution in [2.45, 2.75) is 312 Å². The number of ether oxygens (including phenoxy) is 7. The van der Waals surface area contributed by atoms with E-state index in [4.69, 9.17) is 62.7 Å². The van der Waals surface area contributed by atoms with Gasteiger partial charge < -0.3 is 69.7 Å². The van der Waals surface area contributed by atoms with Gasteiger partial charge in [-0.05, 0) is 84.7 Å². The third kappa shape index (κ3) is 30.8. The molecule has 3 unspecified atom stereocenters. The van der Waals surface area contributed by atoms with Crippen molar-refractivity contribution in [1.82, 2.24) is 29.2 Å². The number of aliphatic imine (C=N–C) groups is 1. The number of carbonyl (C=O) groups is 1. The predicted molar refractivity (Wildman–Crippen MR) is 448 cm³/mol. The number of nitrogens with zero attached hydrogens (tertiary/aromatic N) is 8. The summed E-state index contributed by atoms with van der Waals surface area (Å²) in [5.74, 6) is -0.702. The van der Waals surface area contributed by atoms with Gasteiger partial charge in [0.1, 0.15) is 72.5 Å². The number of aliphatic hydroxyl groups is 3. The SMILES string of the molecule is CCCCCCCCCCCCCCCCCCOC[C@H](COP(=O)(O)OC[C@H]1O[C@@](C#N)(c2ccc3c(N)ncnn23)[C@H](O)[C@@H]1OC(=O)C(C)C)OCc1ccc(C(CCC)CCCCCCCCCCCCCCOC[C@H](COP(=O)(O)OC[C@H]2O[C@@](C=NC)(c3ccc4c(N)ncnn34)[C@H](O)[C@@H]2O)OCc2ccc(C(F)(F)F)cc2)cc1. The summed E-state index contributed by atoms with van der Waals surface area (Å²) in [4.78, 5) is 47.1. The Kier molecular flexibility index (Phi) is 42.2. The van der Waals surface area contributed by atoms with E-state index in [0.29, 0.717) is 35.7 Å². The maximum atomic E-state index is 13.8. The Bertz CT molecular complexity index is 4130. The highest BCUT2D eigenvalue weighted by Gasteiger charge is 2.61. The van der Waals surface area contributed by atoms with Crippen LogP contribution in [0.15, 0.2) is 90.4 Å². The fourth-order valence-electron chi connectivity index (χ4n) is 15.3. The minimum absolute atomic E-state index is 0.0548.